The summed E-state index contributed by atoms with van der Waals surface area (Å²) in [6.07, 6.45) is 2.32. The lowest BCUT2D eigenvalue weighted by molar-refractivity contribution is -0.139. The molecule has 7 heteroatoms. The van der Waals surface area contributed by atoms with E-state index >= 15 is 0 Å². The van der Waals surface area contributed by atoms with Crippen LogP contribution < -0.4 is 0 Å². The molecule has 1 aliphatic carbocycles. The van der Waals surface area contributed by atoms with E-state index in [1.54, 1.807) is 16.8 Å². The van der Waals surface area contributed by atoms with Gasteiger partial charge in [-0.15, -0.1) is 5.10 Å². The molecule has 2 heterocycles. The molecule has 1 atom stereocenters. The van der Waals surface area contributed by atoms with Crippen LogP contribution in [0.3, 0.4) is 0 Å². The quantitative estimate of drug-likeness (QED) is 0.902. The van der Waals surface area contributed by atoms with Gasteiger partial charge in [0, 0.05) is 25.7 Å². The second-order valence-electron chi connectivity index (χ2n) is 6.67. The van der Waals surface area contributed by atoms with E-state index in [0.717, 1.165) is 24.8 Å². The molecule has 7 nitrogen and oxygen atoms in total. The van der Waals surface area contributed by atoms with E-state index in [9.17, 15) is 9.59 Å². The van der Waals surface area contributed by atoms with Crippen LogP contribution in [0, 0.1) is 11.3 Å². The maximum absolute atomic E-state index is 12.7. The van der Waals surface area contributed by atoms with Crippen LogP contribution in [-0.4, -0.2) is 50.0 Å². The molecule has 0 radical (unpaired) electrons. The van der Waals surface area contributed by atoms with Gasteiger partial charge < -0.3 is 10.0 Å². The summed E-state index contributed by atoms with van der Waals surface area (Å²) >= 11 is 0. The van der Waals surface area contributed by atoms with Gasteiger partial charge in [0.25, 0.3) is 5.91 Å². The van der Waals surface area contributed by atoms with Crippen LogP contribution in [0.4, 0.5) is 0 Å². The molecular weight excluding hydrogens is 296 g/mol. The van der Waals surface area contributed by atoms with E-state index in [2.05, 4.69) is 10.3 Å². The average molecular weight is 314 g/mol. The zero-order valence-corrected chi connectivity index (χ0v) is 12.9. The third-order valence-corrected chi connectivity index (χ3v) is 5.39. The fourth-order valence-corrected chi connectivity index (χ4v) is 3.76. The summed E-state index contributed by atoms with van der Waals surface area (Å²) in [6, 6.07) is 5.43. The van der Waals surface area contributed by atoms with Crippen LogP contribution in [0.2, 0.25) is 0 Å². The molecule has 1 aromatic heterocycles. The molecule has 2 aromatic rings. The van der Waals surface area contributed by atoms with Crippen LogP contribution in [0.25, 0.3) is 11.0 Å². The monoisotopic (exact) mass is 314 g/mol. The van der Waals surface area contributed by atoms with Gasteiger partial charge in [0.05, 0.1) is 11.4 Å². The Morgan fingerprint density at radius 3 is 2.70 bits per heavy atom. The third kappa shape index (κ3) is 2.18. The SMILES string of the molecule is Cn1nnc2cc(C(=O)N3CCC4(CC3)CC4C(=O)O)ccc21. The molecule has 2 aliphatic rings. The number of hydrogen-bond donors (Lipinski definition) is 1. The number of piperidine rings is 1. The number of likely N-dealkylation sites (tertiary alicyclic amines) is 1. The Kier molecular flexibility index (Phi) is 2.94. The molecule has 1 saturated heterocycles. The van der Waals surface area contributed by atoms with Gasteiger partial charge in [0.2, 0.25) is 0 Å². The van der Waals surface area contributed by atoms with Crippen molar-refractivity contribution in [2.45, 2.75) is 19.3 Å². The van der Waals surface area contributed by atoms with Crippen molar-refractivity contribution in [3.05, 3.63) is 23.8 Å². The van der Waals surface area contributed by atoms with Crippen LogP contribution >= 0.6 is 0 Å². The van der Waals surface area contributed by atoms with Crippen LogP contribution in [0.5, 0.6) is 0 Å². The summed E-state index contributed by atoms with van der Waals surface area (Å²) in [7, 11) is 1.81. The first-order chi connectivity index (χ1) is 11.0. The number of aryl methyl sites for hydroxylation is 1. The fourth-order valence-electron chi connectivity index (χ4n) is 3.76. The summed E-state index contributed by atoms with van der Waals surface area (Å²) < 4.78 is 1.67. The molecule has 1 N–H and O–H groups in total. The molecule has 1 amide bonds. The summed E-state index contributed by atoms with van der Waals surface area (Å²) in [6.45, 7) is 1.25. The Labute approximate surface area is 132 Å². The minimum Gasteiger partial charge on any atom is -0.481 e. The zero-order valence-electron chi connectivity index (χ0n) is 12.9. The molecule has 4 rings (SSSR count). The molecule has 1 saturated carbocycles. The third-order valence-electron chi connectivity index (χ3n) is 5.39. The first kappa shape index (κ1) is 14.2. The maximum Gasteiger partial charge on any atom is 0.307 e. The number of carbonyl (C=O) groups excluding carboxylic acids is 1. The van der Waals surface area contributed by atoms with Gasteiger partial charge in [-0.3, -0.25) is 9.59 Å². The zero-order chi connectivity index (χ0) is 16.2. The van der Waals surface area contributed by atoms with Crippen molar-refractivity contribution < 1.29 is 14.7 Å². The number of amides is 1. The maximum atomic E-state index is 12.7. The molecule has 1 aromatic carbocycles. The second-order valence-corrected chi connectivity index (χ2v) is 6.67. The molecule has 23 heavy (non-hydrogen) atoms. The second kappa shape index (κ2) is 4.78. The number of rotatable bonds is 2. The van der Waals surface area contributed by atoms with E-state index in [1.165, 1.54) is 0 Å². The van der Waals surface area contributed by atoms with Gasteiger partial charge in [-0.1, -0.05) is 5.21 Å². The van der Waals surface area contributed by atoms with Gasteiger partial charge in [-0.05, 0) is 42.9 Å². The average Bonchev–Trinajstić information content (AvgIpc) is 3.14. The molecule has 2 fully saturated rings. The predicted octanol–water partition coefficient (Wildman–Crippen LogP) is 1.30. The summed E-state index contributed by atoms with van der Waals surface area (Å²) in [5, 5.41) is 17.1. The van der Waals surface area contributed by atoms with Crippen LogP contribution in [0.1, 0.15) is 29.6 Å². The summed E-state index contributed by atoms with van der Waals surface area (Å²) in [4.78, 5) is 25.6. The number of carbonyl (C=O) groups is 2. The minimum atomic E-state index is -0.696. The molecule has 1 unspecified atom stereocenters. The number of hydrogen-bond acceptors (Lipinski definition) is 4. The highest BCUT2D eigenvalue weighted by atomic mass is 16.4. The van der Waals surface area contributed by atoms with Crippen LogP contribution in [0.15, 0.2) is 18.2 Å². The van der Waals surface area contributed by atoms with Crippen molar-refractivity contribution in [3.63, 3.8) is 0 Å². The van der Waals surface area contributed by atoms with Crippen molar-refractivity contribution in [1.29, 1.82) is 0 Å². The Morgan fingerprint density at radius 1 is 1.30 bits per heavy atom. The number of aliphatic carboxylic acids is 1. The van der Waals surface area contributed by atoms with Crippen molar-refractivity contribution in [3.8, 4) is 0 Å². The normalized spacial score (nSPS) is 22.5. The molecule has 120 valence electrons. The van der Waals surface area contributed by atoms with Gasteiger partial charge in [-0.25, -0.2) is 4.68 Å². The lowest BCUT2D eigenvalue weighted by Crippen LogP contribution is -2.40. The Morgan fingerprint density at radius 2 is 2.04 bits per heavy atom. The van der Waals surface area contributed by atoms with Crippen LogP contribution in [-0.2, 0) is 11.8 Å². The highest BCUT2D eigenvalue weighted by Crippen LogP contribution is 2.59. The first-order valence-corrected chi connectivity index (χ1v) is 7.82. The lowest BCUT2D eigenvalue weighted by atomic mass is 9.90. The number of fused-ring (bicyclic) bond motifs is 1. The van der Waals surface area contributed by atoms with Crippen molar-refractivity contribution in [1.82, 2.24) is 19.9 Å². The van der Waals surface area contributed by atoms with Crippen molar-refractivity contribution in [2.24, 2.45) is 18.4 Å². The predicted molar refractivity (Wildman–Crippen MR) is 81.8 cm³/mol. The number of benzene rings is 1. The number of aromatic nitrogens is 3. The van der Waals surface area contributed by atoms with Crippen molar-refractivity contribution >= 4 is 22.9 Å². The standard InChI is InChI=1S/C16H18N4O3/c1-19-13-3-2-10(8-12(13)17-18-19)14(21)20-6-4-16(5-7-20)9-11(16)15(22)23/h2-3,8,11H,4-7,9H2,1H3,(H,22,23). The topological polar surface area (TPSA) is 88.3 Å². The summed E-state index contributed by atoms with van der Waals surface area (Å²) in [5.74, 6) is -0.923. The highest BCUT2D eigenvalue weighted by molar-refractivity contribution is 5.97. The van der Waals surface area contributed by atoms with E-state index < -0.39 is 5.97 Å². The van der Waals surface area contributed by atoms with Gasteiger partial charge in [0.15, 0.2) is 0 Å². The van der Waals surface area contributed by atoms with E-state index in [-0.39, 0.29) is 17.2 Å². The molecular formula is C16H18N4O3. The fraction of sp³-hybridized carbons (Fsp3) is 0.500. The lowest BCUT2D eigenvalue weighted by Gasteiger charge is -2.32. The number of carboxylic acids is 1. The largest absolute Gasteiger partial charge is 0.481 e. The van der Waals surface area contributed by atoms with E-state index in [4.69, 9.17) is 5.11 Å². The Balaban J connectivity index is 1.48. The van der Waals surface area contributed by atoms with Gasteiger partial charge >= 0.3 is 5.97 Å². The van der Waals surface area contributed by atoms with Gasteiger partial charge in [-0.2, -0.15) is 0 Å². The van der Waals surface area contributed by atoms with Gasteiger partial charge in [0.1, 0.15) is 5.52 Å². The molecule has 1 spiro atoms. The Hall–Kier alpha value is -2.44. The van der Waals surface area contributed by atoms with E-state index in [0.29, 0.717) is 24.2 Å². The number of carboxylic acid groups (broad SMARTS) is 1. The highest BCUT2D eigenvalue weighted by Gasteiger charge is 2.59. The first-order valence-electron chi connectivity index (χ1n) is 7.82. The van der Waals surface area contributed by atoms with Crippen molar-refractivity contribution in [2.75, 3.05) is 13.1 Å². The smallest absolute Gasteiger partial charge is 0.307 e. The van der Waals surface area contributed by atoms with E-state index in [1.807, 2.05) is 18.0 Å². The summed E-state index contributed by atoms with van der Waals surface area (Å²) in [5.41, 5.74) is 2.15. The molecule has 0 bridgehead atoms. The molecule has 1 aliphatic heterocycles. The Bertz CT molecular complexity index is 805. The number of nitrogens with zero attached hydrogens (tertiary/aromatic N) is 4. The minimum absolute atomic E-state index is 0.0140.